The number of primary amides is 1. The number of carbonyl (C=O) groups is 10. The Morgan fingerprint density at radius 1 is 0.606 bits per heavy atom. The van der Waals surface area contributed by atoms with Crippen LogP contribution in [0.2, 0.25) is 0 Å². The van der Waals surface area contributed by atoms with Crippen molar-refractivity contribution in [1.82, 2.24) is 31.9 Å². The first-order chi connectivity index (χ1) is 30.6. The minimum atomic E-state index is -1.77. The van der Waals surface area contributed by atoms with Crippen LogP contribution in [0.15, 0.2) is 0 Å². The highest BCUT2D eigenvalue weighted by Gasteiger charge is 2.37. The fraction of sp³-hybridized carbons (Fsp3) is 0.762. The van der Waals surface area contributed by atoms with Gasteiger partial charge in [0.25, 0.3) is 0 Å². The topological polar surface area (TPSA) is 391 Å². The fourth-order valence-corrected chi connectivity index (χ4v) is 6.92. The molecule has 24 heteroatoms. The second-order valence-electron chi connectivity index (χ2n) is 17.6. The number of hydrogen-bond donors (Lipinski definition) is 12. The molecule has 378 valence electrons. The van der Waals surface area contributed by atoms with Gasteiger partial charge in [0.1, 0.15) is 36.3 Å². The molecule has 0 radical (unpaired) electrons. The highest BCUT2D eigenvalue weighted by molar-refractivity contribution is 7.98. The molecule has 10 atom stereocenters. The largest absolute Gasteiger partial charge is 0.481 e. The Bertz CT molecular complexity index is 1650. The molecule has 15 N–H and O–H groups in total. The van der Waals surface area contributed by atoms with Crippen LogP contribution in [0.3, 0.4) is 0 Å². The SMILES string of the molecule is CC[C@H](C)[C@H](NC(=O)[C@@H](N)CCC(=O)O)C(=O)N[C@@H](CC(=O)O)C(=O)O[C@@H](CN[C@@H](CCSC)C(=O)N[C@H](C(=O)N[C@@H](CC(C)C)C(=O)N[C@@H](CC(=O)O)C(N)=O)C(C)C)[C@@H](N)CC(C)C. The van der Waals surface area contributed by atoms with E-state index in [-0.39, 0.29) is 37.6 Å². The molecule has 0 aromatic carbocycles. The number of thioether (sulfide) groups is 1. The zero-order chi connectivity index (χ0) is 51.0. The van der Waals surface area contributed by atoms with Gasteiger partial charge in [-0.2, -0.15) is 11.8 Å². The van der Waals surface area contributed by atoms with Crippen LogP contribution in [0.1, 0.15) is 107 Å². The Balaban J connectivity index is 6.51. The molecule has 0 unspecified atom stereocenters. The van der Waals surface area contributed by atoms with E-state index in [0.29, 0.717) is 18.6 Å². The number of nitrogens with two attached hydrogens (primary N) is 3. The van der Waals surface area contributed by atoms with Crippen LogP contribution in [-0.2, 0) is 52.7 Å². The van der Waals surface area contributed by atoms with E-state index < -0.39 is 145 Å². The lowest BCUT2D eigenvalue weighted by atomic mass is 9.97. The highest BCUT2D eigenvalue weighted by atomic mass is 32.2. The van der Waals surface area contributed by atoms with Crippen molar-refractivity contribution < 1.29 is 68.0 Å². The summed E-state index contributed by atoms with van der Waals surface area (Å²) in [5, 5.41) is 43.4. The third-order valence-electron chi connectivity index (χ3n) is 10.4. The first-order valence-electron chi connectivity index (χ1n) is 22.1. The number of aliphatic carboxylic acids is 3. The first-order valence-corrected chi connectivity index (χ1v) is 23.4. The second kappa shape index (κ2) is 31.0. The van der Waals surface area contributed by atoms with Gasteiger partial charge < -0.3 is 69.2 Å². The smallest absolute Gasteiger partial charge is 0.329 e. The van der Waals surface area contributed by atoms with Crippen LogP contribution in [0.4, 0.5) is 0 Å². The summed E-state index contributed by atoms with van der Waals surface area (Å²) >= 11 is 1.42. The van der Waals surface area contributed by atoms with Gasteiger partial charge in [-0.1, -0.05) is 61.8 Å². The molecule has 0 fully saturated rings. The molecule has 0 rings (SSSR count). The molecule has 6 amide bonds. The maximum Gasteiger partial charge on any atom is 0.329 e. The summed E-state index contributed by atoms with van der Waals surface area (Å²) < 4.78 is 5.80. The molecule has 66 heavy (non-hydrogen) atoms. The van der Waals surface area contributed by atoms with E-state index in [1.54, 1.807) is 41.5 Å². The van der Waals surface area contributed by atoms with Gasteiger partial charge in [-0.3, -0.25) is 43.2 Å². The van der Waals surface area contributed by atoms with Crippen LogP contribution >= 0.6 is 11.8 Å². The van der Waals surface area contributed by atoms with Gasteiger partial charge in [0, 0.05) is 19.0 Å². The summed E-state index contributed by atoms with van der Waals surface area (Å²) in [6.45, 7) is 13.7. The Morgan fingerprint density at radius 3 is 1.59 bits per heavy atom. The summed E-state index contributed by atoms with van der Waals surface area (Å²) in [4.78, 5) is 127. The number of carbonyl (C=O) groups excluding carboxylic acids is 7. The Labute approximate surface area is 390 Å². The van der Waals surface area contributed by atoms with E-state index in [1.165, 1.54) is 11.8 Å². The van der Waals surface area contributed by atoms with E-state index in [2.05, 4.69) is 31.9 Å². The molecular weight excluding hydrogens is 887 g/mol. The van der Waals surface area contributed by atoms with E-state index in [4.69, 9.17) is 27.0 Å². The van der Waals surface area contributed by atoms with Crippen LogP contribution in [-0.4, -0.2) is 148 Å². The number of hydrogen-bond acceptors (Lipinski definition) is 15. The predicted molar refractivity (Wildman–Crippen MR) is 244 cm³/mol. The lowest BCUT2D eigenvalue weighted by Crippen LogP contribution is -2.60. The number of rotatable bonds is 34. The molecule has 0 saturated carbocycles. The minimum Gasteiger partial charge on any atom is -0.481 e. The third kappa shape index (κ3) is 23.9. The van der Waals surface area contributed by atoms with Crippen molar-refractivity contribution in [2.24, 2.45) is 40.9 Å². The summed E-state index contributed by atoms with van der Waals surface area (Å²) in [6.07, 6.45) is -0.768. The maximum atomic E-state index is 14.0. The predicted octanol–water partition coefficient (Wildman–Crippen LogP) is -1.22. The quantitative estimate of drug-likeness (QED) is 0.0336. The third-order valence-corrected chi connectivity index (χ3v) is 11.0. The van der Waals surface area contributed by atoms with Crippen LogP contribution in [0.5, 0.6) is 0 Å². The number of esters is 1. The van der Waals surface area contributed by atoms with Gasteiger partial charge in [0.2, 0.25) is 35.4 Å². The van der Waals surface area contributed by atoms with Gasteiger partial charge in [0.05, 0.1) is 24.9 Å². The summed E-state index contributed by atoms with van der Waals surface area (Å²) in [6, 6.07) is -10.2. The molecule has 0 spiro atoms. The van der Waals surface area contributed by atoms with Crippen molar-refractivity contribution >= 4 is 71.1 Å². The Kier molecular flexibility index (Phi) is 28.6. The van der Waals surface area contributed by atoms with Gasteiger partial charge >= 0.3 is 23.9 Å². The molecule has 0 aromatic rings. The zero-order valence-electron chi connectivity index (χ0n) is 39.5. The second-order valence-corrected chi connectivity index (χ2v) is 18.5. The van der Waals surface area contributed by atoms with E-state index in [9.17, 15) is 58.2 Å². The van der Waals surface area contributed by atoms with Gasteiger partial charge in [-0.05, 0) is 61.4 Å². The van der Waals surface area contributed by atoms with E-state index in [0.717, 1.165) is 0 Å². The fourth-order valence-electron chi connectivity index (χ4n) is 6.45. The molecule has 0 aliphatic rings. The van der Waals surface area contributed by atoms with Gasteiger partial charge in [-0.15, -0.1) is 0 Å². The molecule has 0 aliphatic carbocycles. The summed E-state index contributed by atoms with van der Waals surface area (Å²) in [5.74, 6) is -11.1. The van der Waals surface area contributed by atoms with Crippen LogP contribution < -0.4 is 49.1 Å². The number of carboxylic acid groups (broad SMARTS) is 3. The number of carboxylic acids is 3. The van der Waals surface area contributed by atoms with Gasteiger partial charge in [-0.25, -0.2) is 4.79 Å². The van der Waals surface area contributed by atoms with Crippen molar-refractivity contribution in [1.29, 1.82) is 0 Å². The Morgan fingerprint density at radius 2 is 1.11 bits per heavy atom. The van der Waals surface area contributed by atoms with Crippen molar-refractivity contribution in [3.05, 3.63) is 0 Å². The van der Waals surface area contributed by atoms with E-state index >= 15 is 0 Å². The summed E-state index contributed by atoms with van der Waals surface area (Å²) in [5.41, 5.74) is 17.7. The van der Waals surface area contributed by atoms with Crippen LogP contribution in [0, 0.1) is 23.7 Å². The molecule has 0 aliphatic heterocycles. The molecule has 0 aromatic heterocycles. The highest BCUT2D eigenvalue weighted by Crippen LogP contribution is 2.15. The number of amides is 6. The van der Waals surface area contributed by atoms with Crippen molar-refractivity contribution in [3.63, 3.8) is 0 Å². The first kappa shape index (κ1) is 60.9. The molecule has 23 nitrogen and oxygen atoms in total. The maximum absolute atomic E-state index is 14.0. The molecule has 0 saturated heterocycles. The lowest BCUT2D eigenvalue weighted by Gasteiger charge is -2.31. The number of nitrogens with one attached hydrogen (secondary N) is 6. The van der Waals surface area contributed by atoms with Crippen molar-refractivity contribution in [3.8, 4) is 0 Å². The standard InChI is InChI=1S/C42H75N9O14S/c1-10-23(8)35(51-37(59)24(43)11-12-31(52)53)41(63)49-29(18-33(56)57)42(64)65-30(25(44)15-20(2)3)19-46-26(13-14-66-9)38(60)50-34(22(6)7)40(62)48-28(16-21(4)5)39(61)47-27(36(45)58)17-32(54)55/h20-30,34-35,46H,10-19,43-44H2,1-9H3,(H2,45,58)(H,47,61)(H,48,62)(H,49,63)(H,50,60)(H,51,59)(H,52,53)(H,54,55)(H,56,57)/t23-,24-,25-,26-,27-,28-,29-,30-,34-,35-/m0/s1. The normalized spacial score (nSPS) is 16.0. The van der Waals surface area contributed by atoms with E-state index in [1.807, 2.05) is 20.1 Å². The average molecular weight is 962 g/mol. The van der Waals surface area contributed by atoms with Crippen LogP contribution in [0.25, 0.3) is 0 Å². The number of ether oxygens (including phenoxy) is 1. The monoisotopic (exact) mass is 962 g/mol. The Hall–Kier alpha value is -5.07. The van der Waals surface area contributed by atoms with Crippen molar-refractivity contribution in [2.45, 2.75) is 161 Å². The zero-order valence-corrected chi connectivity index (χ0v) is 40.4. The molecular formula is C42H75N9O14S. The van der Waals surface area contributed by atoms with Crippen molar-refractivity contribution in [2.75, 3.05) is 18.6 Å². The molecule has 0 heterocycles. The van der Waals surface area contributed by atoms with Gasteiger partial charge in [0.15, 0.2) is 0 Å². The lowest BCUT2D eigenvalue weighted by molar-refractivity contribution is -0.157. The minimum absolute atomic E-state index is 0.0150. The average Bonchev–Trinajstić information content (AvgIpc) is 3.20. The molecule has 0 bridgehead atoms. The summed E-state index contributed by atoms with van der Waals surface area (Å²) in [7, 11) is 0.